The first-order chi connectivity index (χ1) is 20.9. The van der Waals surface area contributed by atoms with Crippen LogP contribution in [0.3, 0.4) is 0 Å². The number of benzene rings is 2. The summed E-state index contributed by atoms with van der Waals surface area (Å²) < 4.78 is 66.2. The van der Waals surface area contributed by atoms with E-state index in [4.69, 9.17) is 9.47 Å². The third-order valence-corrected chi connectivity index (χ3v) is 8.64. The van der Waals surface area contributed by atoms with Gasteiger partial charge in [-0.05, 0) is 59.9 Å². The number of aryl methyl sites for hydroxylation is 2. The van der Waals surface area contributed by atoms with Gasteiger partial charge in [0.15, 0.2) is 6.61 Å². The molecule has 44 heavy (non-hydrogen) atoms. The van der Waals surface area contributed by atoms with Crippen molar-refractivity contribution in [2.24, 2.45) is 7.05 Å². The number of aromatic nitrogens is 5. The SMILES string of the molecule is Cc1cc(N2CCOCC2)c(OCC(F)(F)F)cc1Nc1ncc(Br)c(Nc2ccc(-c3cnn(C)n3)c(F)c2P(C)C)n1. The Bertz CT molecular complexity index is 1650. The molecule has 0 atom stereocenters. The molecule has 10 nitrogen and oxygen atoms in total. The highest BCUT2D eigenvalue weighted by atomic mass is 79.9. The van der Waals surface area contributed by atoms with E-state index in [0.29, 0.717) is 70.2 Å². The lowest BCUT2D eigenvalue weighted by atomic mass is 10.1. The Kier molecular flexibility index (Phi) is 9.56. The fourth-order valence-corrected chi connectivity index (χ4v) is 6.08. The fraction of sp³-hybridized carbons (Fsp3) is 0.357. The molecule has 4 aromatic rings. The molecule has 16 heteroatoms. The minimum atomic E-state index is -4.50. The topological polar surface area (TPSA) is 102 Å². The van der Waals surface area contributed by atoms with Crippen molar-refractivity contribution in [2.75, 3.05) is 61.8 Å². The Balaban J connectivity index is 1.44. The van der Waals surface area contributed by atoms with E-state index in [-0.39, 0.29) is 11.7 Å². The van der Waals surface area contributed by atoms with Gasteiger partial charge in [0.05, 0.1) is 35.3 Å². The van der Waals surface area contributed by atoms with Gasteiger partial charge in [-0.15, -0.1) is 0 Å². The van der Waals surface area contributed by atoms with Gasteiger partial charge in [0, 0.05) is 49.0 Å². The number of nitrogens with zero attached hydrogens (tertiary/aromatic N) is 6. The lowest BCUT2D eigenvalue weighted by Crippen LogP contribution is -2.36. The average molecular weight is 697 g/mol. The second-order valence-electron chi connectivity index (χ2n) is 10.2. The highest BCUT2D eigenvalue weighted by molar-refractivity contribution is 9.10. The number of anilines is 5. The van der Waals surface area contributed by atoms with Crippen LogP contribution in [0.4, 0.5) is 46.4 Å². The van der Waals surface area contributed by atoms with Crippen LogP contribution in [0.25, 0.3) is 11.3 Å². The quantitative estimate of drug-likeness (QED) is 0.158. The van der Waals surface area contributed by atoms with Gasteiger partial charge in [-0.1, -0.05) is 7.92 Å². The highest BCUT2D eigenvalue weighted by Crippen LogP contribution is 2.38. The first-order valence-electron chi connectivity index (χ1n) is 13.5. The summed E-state index contributed by atoms with van der Waals surface area (Å²) in [6.45, 7) is 6.28. The number of rotatable bonds is 9. The van der Waals surface area contributed by atoms with Gasteiger partial charge in [-0.25, -0.2) is 9.37 Å². The molecular weight excluding hydrogens is 667 g/mol. The number of alkyl halides is 3. The maximum Gasteiger partial charge on any atom is 0.422 e. The van der Waals surface area contributed by atoms with E-state index in [1.165, 1.54) is 23.3 Å². The van der Waals surface area contributed by atoms with Gasteiger partial charge in [0.2, 0.25) is 5.95 Å². The molecule has 0 amide bonds. The molecule has 0 radical (unpaired) electrons. The summed E-state index contributed by atoms with van der Waals surface area (Å²) in [5.74, 6) is 0.226. The Morgan fingerprint density at radius 3 is 2.50 bits per heavy atom. The molecule has 1 aliphatic rings. The third-order valence-electron chi connectivity index (χ3n) is 6.73. The minimum absolute atomic E-state index is 0.0790. The number of ether oxygens (including phenoxy) is 2. The zero-order valence-corrected chi connectivity index (χ0v) is 26.8. The van der Waals surface area contributed by atoms with Crippen LogP contribution in [0.2, 0.25) is 0 Å². The summed E-state index contributed by atoms with van der Waals surface area (Å²) in [4.78, 5) is 12.2. The second-order valence-corrected chi connectivity index (χ2v) is 13.3. The van der Waals surface area contributed by atoms with Crippen molar-refractivity contribution < 1.29 is 27.0 Å². The Labute approximate surface area is 261 Å². The van der Waals surface area contributed by atoms with Crippen molar-refractivity contribution in [1.82, 2.24) is 25.0 Å². The normalized spacial score (nSPS) is 13.8. The lowest BCUT2D eigenvalue weighted by molar-refractivity contribution is -0.153. The molecule has 0 bridgehead atoms. The average Bonchev–Trinajstić information content (AvgIpc) is 3.40. The van der Waals surface area contributed by atoms with Gasteiger partial charge >= 0.3 is 6.18 Å². The summed E-state index contributed by atoms with van der Waals surface area (Å²) in [6.07, 6.45) is -1.46. The molecule has 5 rings (SSSR count). The molecule has 3 heterocycles. The van der Waals surface area contributed by atoms with Gasteiger partial charge in [0.1, 0.15) is 23.1 Å². The first-order valence-corrected chi connectivity index (χ1v) is 16.5. The number of hydrogen-bond acceptors (Lipinski definition) is 9. The molecule has 234 valence electrons. The van der Waals surface area contributed by atoms with E-state index in [1.807, 2.05) is 25.2 Å². The smallest absolute Gasteiger partial charge is 0.422 e. The van der Waals surface area contributed by atoms with E-state index < -0.39 is 26.5 Å². The van der Waals surface area contributed by atoms with Crippen molar-refractivity contribution >= 4 is 58.0 Å². The van der Waals surface area contributed by atoms with Crippen LogP contribution in [0, 0.1) is 12.7 Å². The van der Waals surface area contributed by atoms with Crippen molar-refractivity contribution in [3.8, 4) is 17.0 Å². The summed E-state index contributed by atoms with van der Waals surface area (Å²) in [5.41, 5.74) is 3.08. The number of morpholine rings is 1. The second kappa shape index (κ2) is 13.2. The fourth-order valence-electron chi connectivity index (χ4n) is 4.67. The summed E-state index contributed by atoms with van der Waals surface area (Å²) >= 11 is 3.46. The van der Waals surface area contributed by atoms with E-state index >= 15 is 4.39 Å². The molecule has 2 aromatic heterocycles. The van der Waals surface area contributed by atoms with Crippen LogP contribution >= 0.6 is 23.9 Å². The van der Waals surface area contributed by atoms with Crippen LogP contribution in [0.5, 0.6) is 5.75 Å². The van der Waals surface area contributed by atoms with Crippen LogP contribution in [-0.4, -0.2) is 77.4 Å². The van der Waals surface area contributed by atoms with Crippen LogP contribution in [0.1, 0.15) is 5.56 Å². The highest BCUT2D eigenvalue weighted by Gasteiger charge is 2.30. The number of hydrogen-bond donors (Lipinski definition) is 2. The molecule has 2 N–H and O–H groups in total. The van der Waals surface area contributed by atoms with E-state index in [9.17, 15) is 13.2 Å². The van der Waals surface area contributed by atoms with Crippen molar-refractivity contribution in [3.63, 3.8) is 0 Å². The summed E-state index contributed by atoms with van der Waals surface area (Å²) in [7, 11) is 0.774. The third kappa shape index (κ3) is 7.39. The van der Waals surface area contributed by atoms with Crippen molar-refractivity contribution in [3.05, 3.63) is 52.5 Å². The zero-order chi connectivity index (χ0) is 31.6. The Morgan fingerprint density at radius 1 is 1.09 bits per heavy atom. The van der Waals surface area contributed by atoms with Crippen LogP contribution in [0.15, 0.2) is 41.1 Å². The molecule has 2 aromatic carbocycles. The summed E-state index contributed by atoms with van der Waals surface area (Å²) in [6, 6.07) is 6.70. The molecule has 0 unspecified atom stereocenters. The van der Waals surface area contributed by atoms with E-state index in [2.05, 4.69) is 46.7 Å². The molecular formula is C28H30BrF4N8O2P. The van der Waals surface area contributed by atoms with Gasteiger partial charge in [-0.2, -0.15) is 33.1 Å². The van der Waals surface area contributed by atoms with Gasteiger partial charge in [-0.3, -0.25) is 0 Å². The molecule has 1 fully saturated rings. The minimum Gasteiger partial charge on any atom is -0.482 e. The van der Waals surface area contributed by atoms with E-state index in [1.54, 1.807) is 25.2 Å². The standard InChI is InChI=1S/C28H30BrF4N8O2P/c1-16-11-22(41-7-9-42-10-8-41)23(43-15-28(31,32)33)12-20(16)37-27-34-13-18(29)26(38-27)36-19-6-5-17(21-14-35-40(2)39-21)24(30)25(19)44(3)4/h5-6,11-14H,7-10,15H2,1-4H3,(H2,34,36,37,38). The molecule has 1 aliphatic heterocycles. The van der Waals surface area contributed by atoms with Crippen molar-refractivity contribution in [1.29, 1.82) is 0 Å². The van der Waals surface area contributed by atoms with Crippen molar-refractivity contribution in [2.45, 2.75) is 13.1 Å². The number of halogens is 5. The van der Waals surface area contributed by atoms with Crippen LogP contribution < -0.4 is 25.6 Å². The lowest BCUT2D eigenvalue weighted by Gasteiger charge is -2.31. The molecule has 1 saturated heterocycles. The molecule has 0 spiro atoms. The monoisotopic (exact) mass is 696 g/mol. The van der Waals surface area contributed by atoms with Crippen LogP contribution in [-0.2, 0) is 11.8 Å². The molecule has 0 aliphatic carbocycles. The number of nitrogens with one attached hydrogen (secondary N) is 2. The zero-order valence-electron chi connectivity index (χ0n) is 24.3. The maximum absolute atomic E-state index is 15.8. The van der Waals surface area contributed by atoms with Gasteiger partial charge < -0.3 is 25.0 Å². The summed E-state index contributed by atoms with van der Waals surface area (Å²) in [5, 5.41) is 15.1. The first kappa shape index (κ1) is 31.9. The van der Waals surface area contributed by atoms with E-state index in [0.717, 1.165) is 5.56 Å². The predicted octanol–water partition coefficient (Wildman–Crippen LogP) is 6.11. The largest absolute Gasteiger partial charge is 0.482 e. The Morgan fingerprint density at radius 2 is 1.84 bits per heavy atom. The van der Waals surface area contributed by atoms with Gasteiger partial charge in [0.25, 0.3) is 0 Å². The Hall–Kier alpha value is -3.55. The predicted molar refractivity (Wildman–Crippen MR) is 167 cm³/mol. The maximum atomic E-state index is 15.8. The molecule has 0 saturated carbocycles.